The second kappa shape index (κ2) is 7.84. The third-order valence-electron chi connectivity index (χ3n) is 4.17. The number of anilines is 1. The summed E-state index contributed by atoms with van der Waals surface area (Å²) in [4.78, 5) is 25.5. The predicted octanol–water partition coefficient (Wildman–Crippen LogP) is 3.66. The molecule has 1 amide bonds. The van der Waals surface area contributed by atoms with Gasteiger partial charge in [0.25, 0.3) is 0 Å². The van der Waals surface area contributed by atoms with Crippen LogP contribution >= 0.6 is 0 Å². The molecular weight excluding hydrogens is 387 g/mol. The molecule has 3 rings (SSSR count). The van der Waals surface area contributed by atoms with Crippen LogP contribution in [0, 0.1) is 0 Å². The first kappa shape index (κ1) is 20.8. The highest BCUT2D eigenvalue weighted by Crippen LogP contribution is 2.32. The number of alkyl carbamates (subject to hydrolysis) is 1. The van der Waals surface area contributed by atoms with Crippen molar-refractivity contribution < 1.29 is 22.7 Å². The summed E-state index contributed by atoms with van der Waals surface area (Å²) in [7, 11) is 0. The summed E-state index contributed by atoms with van der Waals surface area (Å²) in [6, 6.07) is 3.78. The van der Waals surface area contributed by atoms with Crippen molar-refractivity contribution in [3.05, 3.63) is 36.3 Å². The lowest BCUT2D eigenvalue weighted by Crippen LogP contribution is -2.40. The third-order valence-corrected chi connectivity index (χ3v) is 4.17. The Hall–Kier alpha value is -2.91. The molecule has 0 aliphatic carbocycles. The summed E-state index contributed by atoms with van der Waals surface area (Å²) in [6.07, 6.45) is -1.66. The number of carbonyl (C=O) groups is 1. The second-order valence-electron chi connectivity index (χ2n) is 7.75. The van der Waals surface area contributed by atoms with E-state index in [2.05, 4.69) is 20.3 Å². The molecule has 156 valence electrons. The maximum absolute atomic E-state index is 13.4. The van der Waals surface area contributed by atoms with Gasteiger partial charge in [0.2, 0.25) is 0 Å². The lowest BCUT2D eigenvalue weighted by molar-refractivity contribution is -0.141. The smallest absolute Gasteiger partial charge is 0.433 e. The van der Waals surface area contributed by atoms with Crippen LogP contribution in [-0.4, -0.2) is 45.8 Å². The highest BCUT2D eigenvalue weighted by atomic mass is 19.4. The van der Waals surface area contributed by atoms with Crippen molar-refractivity contribution in [2.75, 3.05) is 18.0 Å². The molecule has 1 aliphatic heterocycles. The Morgan fingerprint density at radius 1 is 1.21 bits per heavy atom. The molecule has 1 atom stereocenters. The summed E-state index contributed by atoms with van der Waals surface area (Å²) in [5, 5.41) is 2.75. The number of nitrogens with zero attached hydrogens (tertiary/aromatic N) is 4. The van der Waals surface area contributed by atoms with E-state index in [1.54, 1.807) is 37.8 Å². The van der Waals surface area contributed by atoms with Gasteiger partial charge in [0.1, 0.15) is 11.4 Å². The SMILES string of the molecule is CC(C)(C)OC(=O)NC1CCN(c2cc(C(F)(F)F)nc(-c3ccncc3)n2)C1. The molecule has 0 spiro atoms. The van der Waals surface area contributed by atoms with E-state index >= 15 is 0 Å². The molecule has 1 unspecified atom stereocenters. The van der Waals surface area contributed by atoms with Crippen molar-refractivity contribution >= 4 is 11.9 Å². The first-order valence-corrected chi connectivity index (χ1v) is 9.12. The molecule has 2 aromatic heterocycles. The van der Waals surface area contributed by atoms with Gasteiger partial charge in [-0.2, -0.15) is 13.2 Å². The Labute approximate surface area is 166 Å². The number of ether oxygens (including phenoxy) is 1. The second-order valence-corrected chi connectivity index (χ2v) is 7.75. The first-order chi connectivity index (χ1) is 13.5. The van der Waals surface area contributed by atoms with Crippen LogP contribution in [0.15, 0.2) is 30.6 Å². The van der Waals surface area contributed by atoms with Gasteiger partial charge < -0.3 is 15.0 Å². The molecule has 2 aromatic rings. The van der Waals surface area contributed by atoms with E-state index in [1.807, 2.05) is 0 Å². The van der Waals surface area contributed by atoms with Crippen LogP contribution in [0.2, 0.25) is 0 Å². The minimum atomic E-state index is -4.60. The fourth-order valence-electron chi connectivity index (χ4n) is 2.93. The predicted molar refractivity (Wildman–Crippen MR) is 100 cm³/mol. The van der Waals surface area contributed by atoms with Gasteiger partial charge in [-0.25, -0.2) is 14.8 Å². The molecule has 1 aliphatic rings. The Kier molecular flexibility index (Phi) is 5.63. The molecule has 0 saturated carbocycles. The fraction of sp³-hybridized carbons (Fsp3) is 0.474. The van der Waals surface area contributed by atoms with Crippen LogP contribution in [0.3, 0.4) is 0 Å². The van der Waals surface area contributed by atoms with Gasteiger partial charge >= 0.3 is 12.3 Å². The summed E-state index contributed by atoms with van der Waals surface area (Å²) < 4.78 is 45.3. The molecule has 7 nitrogen and oxygen atoms in total. The molecule has 0 bridgehead atoms. The summed E-state index contributed by atoms with van der Waals surface area (Å²) >= 11 is 0. The van der Waals surface area contributed by atoms with Crippen molar-refractivity contribution in [3.8, 4) is 11.4 Å². The normalized spacial score (nSPS) is 17.3. The number of pyridine rings is 1. The molecule has 0 radical (unpaired) electrons. The van der Waals surface area contributed by atoms with Crippen molar-refractivity contribution in [1.82, 2.24) is 20.3 Å². The molecule has 3 heterocycles. The Balaban J connectivity index is 1.81. The number of nitrogens with one attached hydrogen (secondary N) is 1. The number of carbonyl (C=O) groups excluding carboxylic acids is 1. The minimum absolute atomic E-state index is 0.0271. The van der Waals surface area contributed by atoms with E-state index in [1.165, 1.54) is 12.4 Å². The van der Waals surface area contributed by atoms with Gasteiger partial charge in [0, 0.05) is 37.1 Å². The van der Waals surface area contributed by atoms with Crippen LogP contribution in [0.4, 0.5) is 23.8 Å². The number of rotatable bonds is 3. The van der Waals surface area contributed by atoms with Gasteiger partial charge in [0.05, 0.1) is 6.04 Å². The average molecular weight is 409 g/mol. The van der Waals surface area contributed by atoms with Crippen molar-refractivity contribution in [2.24, 2.45) is 0 Å². The molecule has 29 heavy (non-hydrogen) atoms. The Morgan fingerprint density at radius 3 is 2.52 bits per heavy atom. The van der Waals surface area contributed by atoms with Gasteiger partial charge in [-0.05, 0) is 39.3 Å². The monoisotopic (exact) mass is 409 g/mol. The highest BCUT2D eigenvalue weighted by Gasteiger charge is 2.35. The molecule has 1 saturated heterocycles. The quantitative estimate of drug-likeness (QED) is 0.833. The zero-order valence-electron chi connectivity index (χ0n) is 16.3. The molecule has 1 N–H and O–H groups in total. The summed E-state index contributed by atoms with van der Waals surface area (Å²) in [6.45, 7) is 6.04. The first-order valence-electron chi connectivity index (χ1n) is 9.12. The lowest BCUT2D eigenvalue weighted by atomic mass is 10.2. The van der Waals surface area contributed by atoms with Crippen LogP contribution in [-0.2, 0) is 10.9 Å². The number of halogens is 3. The highest BCUT2D eigenvalue weighted by molar-refractivity contribution is 5.68. The van der Waals surface area contributed by atoms with Crippen LogP contribution in [0.25, 0.3) is 11.4 Å². The maximum Gasteiger partial charge on any atom is 0.433 e. The lowest BCUT2D eigenvalue weighted by Gasteiger charge is -2.22. The van der Waals surface area contributed by atoms with Gasteiger partial charge in [-0.3, -0.25) is 4.98 Å². The number of amides is 1. The van der Waals surface area contributed by atoms with Gasteiger partial charge in [-0.15, -0.1) is 0 Å². The van der Waals surface area contributed by atoms with E-state index in [9.17, 15) is 18.0 Å². The van der Waals surface area contributed by atoms with Gasteiger partial charge in [0.15, 0.2) is 11.5 Å². The zero-order valence-corrected chi connectivity index (χ0v) is 16.3. The van der Waals surface area contributed by atoms with E-state index in [0.717, 1.165) is 6.07 Å². The van der Waals surface area contributed by atoms with E-state index in [-0.39, 0.29) is 17.7 Å². The fourth-order valence-corrected chi connectivity index (χ4v) is 2.93. The molecular formula is C19H22F3N5O2. The van der Waals surface area contributed by atoms with Crippen LogP contribution < -0.4 is 10.2 Å². The largest absolute Gasteiger partial charge is 0.444 e. The van der Waals surface area contributed by atoms with Crippen LogP contribution in [0.1, 0.15) is 32.9 Å². The zero-order chi connectivity index (χ0) is 21.2. The van der Waals surface area contributed by atoms with Crippen molar-refractivity contribution in [3.63, 3.8) is 0 Å². The standard InChI is InChI=1S/C19H22F3N5O2/c1-18(2,3)29-17(28)24-13-6-9-27(11-13)15-10-14(19(20,21)22)25-16(26-15)12-4-7-23-8-5-12/h4-5,7-8,10,13H,6,9,11H2,1-3H3,(H,24,28). The third kappa shape index (κ3) is 5.55. The number of alkyl halides is 3. The summed E-state index contributed by atoms with van der Waals surface area (Å²) in [5.74, 6) is 0.133. The van der Waals surface area contributed by atoms with Crippen molar-refractivity contribution in [1.29, 1.82) is 0 Å². The van der Waals surface area contributed by atoms with Gasteiger partial charge in [-0.1, -0.05) is 0 Å². The van der Waals surface area contributed by atoms with E-state index in [4.69, 9.17) is 4.74 Å². The number of hydrogen-bond acceptors (Lipinski definition) is 6. The van der Waals surface area contributed by atoms with E-state index < -0.39 is 23.6 Å². The maximum atomic E-state index is 13.4. The Bertz CT molecular complexity index is 868. The van der Waals surface area contributed by atoms with E-state index in [0.29, 0.717) is 25.1 Å². The summed E-state index contributed by atoms with van der Waals surface area (Å²) in [5.41, 5.74) is -1.20. The molecule has 1 fully saturated rings. The molecule has 0 aromatic carbocycles. The van der Waals surface area contributed by atoms with Crippen LogP contribution in [0.5, 0.6) is 0 Å². The number of aromatic nitrogens is 3. The molecule has 10 heteroatoms. The average Bonchev–Trinajstić information content (AvgIpc) is 3.08. The van der Waals surface area contributed by atoms with Crippen molar-refractivity contribution in [2.45, 2.75) is 45.0 Å². The minimum Gasteiger partial charge on any atom is -0.444 e. The number of hydrogen-bond donors (Lipinski definition) is 1. The topological polar surface area (TPSA) is 80.2 Å². The Morgan fingerprint density at radius 2 is 1.90 bits per heavy atom.